The fourth-order valence-electron chi connectivity index (χ4n) is 4.63. The smallest absolute Gasteiger partial charge is 0.258 e. The van der Waals surface area contributed by atoms with Crippen molar-refractivity contribution >= 4 is 11.8 Å². The van der Waals surface area contributed by atoms with Crippen LogP contribution >= 0.6 is 0 Å². The van der Waals surface area contributed by atoms with Crippen LogP contribution in [0.3, 0.4) is 0 Å². The van der Waals surface area contributed by atoms with Gasteiger partial charge in [0.2, 0.25) is 0 Å². The second-order valence-corrected chi connectivity index (χ2v) is 9.45. The highest BCUT2D eigenvalue weighted by Gasteiger charge is 2.29. The van der Waals surface area contributed by atoms with Gasteiger partial charge in [0.1, 0.15) is 23.0 Å². The number of phenols is 2. The molecular formula is C29H35N3O6. The van der Waals surface area contributed by atoms with Crippen LogP contribution in [0.15, 0.2) is 53.1 Å². The van der Waals surface area contributed by atoms with E-state index >= 15 is 0 Å². The molecule has 0 bridgehead atoms. The van der Waals surface area contributed by atoms with Crippen molar-refractivity contribution in [3.8, 4) is 17.2 Å². The minimum atomic E-state index is -0.500. The molecule has 0 saturated carbocycles. The lowest BCUT2D eigenvalue weighted by Crippen LogP contribution is -2.28. The summed E-state index contributed by atoms with van der Waals surface area (Å²) in [5, 5.41) is 20.8. The zero-order valence-electron chi connectivity index (χ0n) is 22.1. The molecule has 2 N–H and O–H groups in total. The van der Waals surface area contributed by atoms with Crippen LogP contribution in [0, 0.1) is 0 Å². The highest BCUT2D eigenvalue weighted by molar-refractivity contribution is 6.03. The van der Waals surface area contributed by atoms with Crippen LogP contribution in [0.5, 0.6) is 17.2 Å². The molecule has 0 atom stereocenters. The molecule has 38 heavy (non-hydrogen) atoms. The first-order valence-corrected chi connectivity index (χ1v) is 12.9. The van der Waals surface area contributed by atoms with Crippen LogP contribution < -0.4 is 4.74 Å². The molecule has 2 aromatic carbocycles. The van der Waals surface area contributed by atoms with Gasteiger partial charge in [0, 0.05) is 32.7 Å². The van der Waals surface area contributed by atoms with E-state index in [2.05, 4.69) is 18.7 Å². The third kappa shape index (κ3) is 6.11. The molecule has 4 rings (SSSR count). The maximum absolute atomic E-state index is 13.4. The van der Waals surface area contributed by atoms with Gasteiger partial charge in [-0.25, -0.2) is 0 Å². The van der Waals surface area contributed by atoms with E-state index in [1.807, 2.05) is 18.2 Å². The van der Waals surface area contributed by atoms with E-state index in [-0.39, 0.29) is 23.4 Å². The molecular weight excluding hydrogens is 486 g/mol. The van der Waals surface area contributed by atoms with Gasteiger partial charge in [-0.05, 0) is 61.0 Å². The first-order valence-electron chi connectivity index (χ1n) is 12.9. The quantitative estimate of drug-likeness (QED) is 0.364. The number of hydrogen-bond acceptors (Lipinski definition) is 7. The number of aromatic hydroxyl groups is 2. The number of amides is 2. The van der Waals surface area contributed by atoms with Crippen molar-refractivity contribution in [2.24, 2.45) is 0 Å². The molecule has 0 saturated heterocycles. The number of phenolic OH excluding ortho intramolecular Hbond substituents is 2. The summed E-state index contributed by atoms with van der Waals surface area (Å²) in [4.78, 5) is 31.7. The Morgan fingerprint density at radius 2 is 1.74 bits per heavy atom. The van der Waals surface area contributed by atoms with E-state index in [1.165, 1.54) is 17.2 Å². The minimum Gasteiger partial charge on any atom is -0.507 e. The van der Waals surface area contributed by atoms with E-state index in [9.17, 15) is 19.8 Å². The molecule has 0 aliphatic carbocycles. The molecule has 9 heteroatoms. The molecule has 2 heterocycles. The number of carbonyl (C=O) groups excluding carboxylic acids is 2. The van der Waals surface area contributed by atoms with Gasteiger partial charge in [0.25, 0.3) is 11.8 Å². The summed E-state index contributed by atoms with van der Waals surface area (Å²) < 4.78 is 11.2. The van der Waals surface area contributed by atoms with Crippen molar-refractivity contribution in [1.29, 1.82) is 0 Å². The number of benzene rings is 2. The summed E-state index contributed by atoms with van der Waals surface area (Å²) in [5.74, 6) is -0.368. The standard InChI is InChI=1S/C29H35N3O6/c1-4-31(5-2)11-7-13-37-22-10-9-20-17-32(18-21(20)14-22)29(36)25-15-24(26(33)16-27(25)34)28(35)30(3)19-23-8-6-12-38-23/h6,8-10,12,14-16,33-34H,4-5,7,11,13,17-19H2,1-3H3. The van der Waals surface area contributed by atoms with Crippen molar-refractivity contribution in [3.63, 3.8) is 0 Å². The number of carbonyl (C=O) groups is 2. The topological polar surface area (TPSA) is 107 Å². The van der Waals surface area contributed by atoms with E-state index in [4.69, 9.17) is 9.15 Å². The Morgan fingerprint density at radius 3 is 2.45 bits per heavy atom. The third-order valence-electron chi connectivity index (χ3n) is 6.86. The normalized spacial score (nSPS) is 12.6. The van der Waals surface area contributed by atoms with Crippen molar-refractivity contribution in [2.45, 2.75) is 39.9 Å². The molecule has 9 nitrogen and oxygen atoms in total. The summed E-state index contributed by atoms with van der Waals surface area (Å²) in [5.41, 5.74) is 1.87. The number of rotatable bonds is 11. The molecule has 0 fully saturated rings. The highest BCUT2D eigenvalue weighted by atomic mass is 16.5. The second-order valence-electron chi connectivity index (χ2n) is 9.45. The molecule has 0 radical (unpaired) electrons. The van der Waals surface area contributed by atoms with Gasteiger partial charge in [-0.1, -0.05) is 19.9 Å². The van der Waals surface area contributed by atoms with Gasteiger partial charge in [0.15, 0.2) is 0 Å². The predicted molar refractivity (Wildman–Crippen MR) is 142 cm³/mol. The molecule has 2 amide bonds. The van der Waals surface area contributed by atoms with Crippen LogP contribution in [0.25, 0.3) is 0 Å². The largest absolute Gasteiger partial charge is 0.507 e. The molecule has 202 valence electrons. The lowest BCUT2D eigenvalue weighted by atomic mass is 10.1. The summed E-state index contributed by atoms with van der Waals surface area (Å²) in [6.07, 6.45) is 2.44. The number of ether oxygens (including phenoxy) is 1. The van der Waals surface area contributed by atoms with Gasteiger partial charge >= 0.3 is 0 Å². The van der Waals surface area contributed by atoms with E-state index in [0.29, 0.717) is 25.5 Å². The molecule has 1 aliphatic rings. The average molecular weight is 522 g/mol. The Kier molecular flexibility index (Phi) is 8.58. The van der Waals surface area contributed by atoms with Crippen LogP contribution in [0.2, 0.25) is 0 Å². The van der Waals surface area contributed by atoms with Crippen molar-refractivity contribution in [1.82, 2.24) is 14.7 Å². The fraction of sp³-hybridized carbons (Fsp3) is 0.379. The monoisotopic (exact) mass is 521 g/mol. The maximum Gasteiger partial charge on any atom is 0.258 e. The number of hydrogen-bond donors (Lipinski definition) is 2. The number of furan rings is 1. The number of nitrogens with zero attached hydrogens (tertiary/aromatic N) is 3. The lowest BCUT2D eigenvalue weighted by Gasteiger charge is -2.19. The van der Waals surface area contributed by atoms with Gasteiger partial charge in [0.05, 0.1) is 30.5 Å². The lowest BCUT2D eigenvalue weighted by molar-refractivity contribution is 0.0748. The Balaban J connectivity index is 1.42. The van der Waals surface area contributed by atoms with Crippen molar-refractivity contribution in [2.75, 3.05) is 33.3 Å². The molecule has 1 aromatic heterocycles. The minimum absolute atomic E-state index is 0.0433. The van der Waals surface area contributed by atoms with Gasteiger partial charge in [-0.3, -0.25) is 9.59 Å². The van der Waals surface area contributed by atoms with Gasteiger partial charge in [-0.15, -0.1) is 0 Å². The van der Waals surface area contributed by atoms with E-state index < -0.39 is 17.6 Å². The first-order chi connectivity index (χ1) is 18.3. The maximum atomic E-state index is 13.4. The van der Waals surface area contributed by atoms with E-state index in [0.717, 1.165) is 49.0 Å². The summed E-state index contributed by atoms with van der Waals surface area (Å²) in [7, 11) is 1.57. The third-order valence-corrected chi connectivity index (χ3v) is 6.86. The number of fused-ring (bicyclic) bond motifs is 1. The molecule has 1 aliphatic heterocycles. The van der Waals surface area contributed by atoms with Crippen LogP contribution in [-0.4, -0.2) is 70.0 Å². The summed E-state index contributed by atoms with van der Waals surface area (Å²) >= 11 is 0. The fourth-order valence-corrected chi connectivity index (χ4v) is 4.63. The summed E-state index contributed by atoms with van der Waals surface area (Å²) in [6.45, 7) is 8.86. The van der Waals surface area contributed by atoms with Crippen LogP contribution in [0.4, 0.5) is 0 Å². The SMILES string of the molecule is CCN(CC)CCCOc1ccc2c(c1)CN(C(=O)c1cc(C(=O)N(C)Cc3ccco3)c(O)cc1O)C2. The Hall–Kier alpha value is -3.98. The van der Waals surface area contributed by atoms with Crippen molar-refractivity contribution in [3.05, 3.63) is 76.7 Å². The summed E-state index contributed by atoms with van der Waals surface area (Å²) in [6, 6.07) is 11.6. The van der Waals surface area contributed by atoms with Crippen LogP contribution in [-0.2, 0) is 19.6 Å². The molecule has 0 unspecified atom stereocenters. The van der Waals surface area contributed by atoms with Gasteiger partial charge in [-0.2, -0.15) is 0 Å². The Bertz CT molecular complexity index is 1270. The van der Waals surface area contributed by atoms with Crippen LogP contribution in [0.1, 0.15) is 57.9 Å². The zero-order valence-corrected chi connectivity index (χ0v) is 22.1. The Morgan fingerprint density at radius 1 is 1.00 bits per heavy atom. The molecule has 3 aromatic rings. The zero-order chi connectivity index (χ0) is 27.2. The molecule has 0 spiro atoms. The van der Waals surface area contributed by atoms with Crippen molar-refractivity contribution < 1.29 is 29.0 Å². The Labute approximate surface area is 222 Å². The second kappa shape index (κ2) is 12.0. The predicted octanol–water partition coefficient (Wildman–Crippen LogP) is 4.23. The average Bonchev–Trinajstić information content (AvgIpc) is 3.57. The first kappa shape index (κ1) is 27.1. The highest BCUT2D eigenvalue weighted by Crippen LogP contribution is 2.33. The van der Waals surface area contributed by atoms with E-state index in [1.54, 1.807) is 24.1 Å². The van der Waals surface area contributed by atoms with Gasteiger partial charge < -0.3 is 34.1 Å².